The van der Waals surface area contributed by atoms with Gasteiger partial charge in [-0.15, -0.1) is 5.10 Å². The molecule has 1 saturated carbocycles. The minimum Gasteiger partial charge on any atom is -0.312 e. The average Bonchev–Trinajstić information content (AvgIpc) is 3.08. The first-order valence-electron chi connectivity index (χ1n) is 6.63. The van der Waals surface area contributed by atoms with Crippen molar-refractivity contribution in [2.75, 3.05) is 13.1 Å². The van der Waals surface area contributed by atoms with Crippen molar-refractivity contribution < 1.29 is 0 Å². The Labute approximate surface area is 106 Å². The molecule has 1 N–H and O–H groups in total. The second-order valence-corrected chi connectivity index (χ2v) is 5.26. The minimum atomic E-state index is 0.485. The molecule has 0 radical (unpaired) electrons. The zero-order valence-corrected chi connectivity index (χ0v) is 10.2. The number of nitrogens with zero attached hydrogens (tertiary/aromatic N) is 3. The Morgan fingerprint density at radius 3 is 2.72 bits per heavy atom. The van der Waals surface area contributed by atoms with Gasteiger partial charge in [-0.1, -0.05) is 29.5 Å². The average molecular weight is 240 g/mol. The first-order valence-corrected chi connectivity index (χ1v) is 6.63. The number of nitrogens with one attached hydrogen (secondary N) is 1. The van der Waals surface area contributed by atoms with Crippen LogP contribution < -0.4 is 5.32 Å². The van der Waals surface area contributed by atoms with E-state index in [9.17, 15) is 0 Å². The highest BCUT2D eigenvalue weighted by Crippen LogP contribution is 2.43. The number of aromatic nitrogens is 3. The van der Waals surface area contributed by atoms with Crippen LogP contribution in [0, 0.1) is 0 Å². The minimum absolute atomic E-state index is 0.485. The van der Waals surface area contributed by atoms with Gasteiger partial charge in [0.15, 0.2) is 0 Å². The third kappa shape index (κ3) is 1.64. The van der Waals surface area contributed by atoms with Gasteiger partial charge in [0.1, 0.15) is 5.69 Å². The summed E-state index contributed by atoms with van der Waals surface area (Å²) < 4.78 is 2.00. The number of hydrogen-bond acceptors (Lipinski definition) is 3. The van der Waals surface area contributed by atoms with Crippen molar-refractivity contribution in [3.63, 3.8) is 0 Å². The van der Waals surface area contributed by atoms with Crippen LogP contribution in [-0.2, 0) is 0 Å². The van der Waals surface area contributed by atoms with Crippen molar-refractivity contribution in [2.24, 2.45) is 0 Å². The smallest absolute Gasteiger partial charge is 0.113 e. The molecule has 1 saturated heterocycles. The highest BCUT2D eigenvalue weighted by atomic mass is 15.4. The van der Waals surface area contributed by atoms with Crippen molar-refractivity contribution in [1.29, 1.82) is 0 Å². The van der Waals surface area contributed by atoms with Crippen LogP contribution in [0.15, 0.2) is 30.5 Å². The van der Waals surface area contributed by atoms with E-state index in [2.05, 4.69) is 46.1 Å². The third-order valence-electron chi connectivity index (χ3n) is 3.90. The van der Waals surface area contributed by atoms with E-state index in [0.29, 0.717) is 6.04 Å². The molecule has 0 bridgehead atoms. The molecule has 2 fully saturated rings. The van der Waals surface area contributed by atoms with Gasteiger partial charge in [-0.3, -0.25) is 0 Å². The molecule has 1 aromatic heterocycles. The Morgan fingerprint density at radius 1 is 1.17 bits per heavy atom. The molecule has 2 aromatic rings. The quantitative estimate of drug-likeness (QED) is 0.892. The van der Waals surface area contributed by atoms with E-state index in [1.165, 1.54) is 24.0 Å². The summed E-state index contributed by atoms with van der Waals surface area (Å²) in [6.45, 7) is 2.01. The molecule has 4 heteroatoms. The standard InChI is InChI=1S/C14H16N4/c1-2-4-13(12(3-1)10-5-6-10)14-9-18(17-16-14)11-7-15-8-11/h1-4,9-11,15H,5-8H2. The van der Waals surface area contributed by atoms with Crippen molar-refractivity contribution in [2.45, 2.75) is 24.8 Å². The predicted octanol–water partition coefficient (Wildman–Crippen LogP) is 1.97. The molecule has 0 amide bonds. The Bertz CT molecular complexity index is 567. The molecule has 4 nitrogen and oxygen atoms in total. The highest BCUT2D eigenvalue weighted by molar-refractivity contribution is 5.64. The maximum Gasteiger partial charge on any atom is 0.113 e. The van der Waals surface area contributed by atoms with E-state index in [-0.39, 0.29) is 0 Å². The Morgan fingerprint density at radius 2 is 2.00 bits per heavy atom. The van der Waals surface area contributed by atoms with E-state index in [4.69, 9.17) is 0 Å². The summed E-state index contributed by atoms with van der Waals surface area (Å²) in [5.41, 5.74) is 3.72. The predicted molar refractivity (Wildman–Crippen MR) is 69.3 cm³/mol. The first kappa shape index (κ1) is 10.3. The van der Waals surface area contributed by atoms with E-state index >= 15 is 0 Å². The van der Waals surface area contributed by atoms with Gasteiger partial charge < -0.3 is 5.32 Å². The molecule has 92 valence electrons. The molecule has 0 unspecified atom stereocenters. The lowest BCUT2D eigenvalue weighted by atomic mass is 10.0. The second kappa shape index (κ2) is 3.92. The Kier molecular flexibility index (Phi) is 2.23. The maximum absolute atomic E-state index is 4.35. The summed E-state index contributed by atoms with van der Waals surface area (Å²) in [7, 11) is 0. The molecular weight excluding hydrogens is 224 g/mol. The van der Waals surface area contributed by atoms with E-state index < -0.39 is 0 Å². The highest BCUT2D eigenvalue weighted by Gasteiger charge is 2.27. The molecule has 18 heavy (non-hydrogen) atoms. The molecule has 2 aliphatic rings. The Hall–Kier alpha value is -1.68. The Balaban J connectivity index is 1.71. The molecule has 2 heterocycles. The van der Waals surface area contributed by atoms with Crippen molar-refractivity contribution in [1.82, 2.24) is 20.3 Å². The topological polar surface area (TPSA) is 42.7 Å². The largest absolute Gasteiger partial charge is 0.312 e. The SMILES string of the molecule is c1ccc(C2CC2)c(-c2cn(C3CNC3)nn2)c1. The van der Waals surface area contributed by atoms with Gasteiger partial charge in [0, 0.05) is 18.7 Å². The lowest BCUT2D eigenvalue weighted by Gasteiger charge is -2.26. The fourth-order valence-corrected chi connectivity index (χ4v) is 2.52. The van der Waals surface area contributed by atoms with Gasteiger partial charge in [-0.2, -0.15) is 0 Å². The van der Waals surface area contributed by atoms with Gasteiger partial charge in [-0.25, -0.2) is 4.68 Å². The van der Waals surface area contributed by atoms with Crippen molar-refractivity contribution in [3.8, 4) is 11.3 Å². The lowest BCUT2D eigenvalue weighted by Crippen LogP contribution is -2.43. The molecule has 1 aliphatic carbocycles. The van der Waals surface area contributed by atoms with Crippen LogP contribution in [0.3, 0.4) is 0 Å². The lowest BCUT2D eigenvalue weighted by molar-refractivity contribution is 0.313. The van der Waals surface area contributed by atoms with Crippen LogP contribution >= 0.6 is 0 Å². The zero-order valence-electron chi connectivity index (χ0n) is 10.2. The summed E-state index contributed by atoms with van der Waals surface area (Å²) in [5, 5.41) is 11.9. The van der Waals surface area contributed by atoms with E-state index in [0.717, 1.165) is 24.7 Å². The third-order valence-corrected chi connectivity index (χ3v) is 3.90. The molecule has 1 aliphatic heterocycles. The fourth-order valence-electron chi connectivity index (χ4n) is 2.52. The van der Waals surface area contributed by atoms with Gasteiger partial charge >= 0.3 is 0 Å². The van der Waals surface area contributed by atoms with Crippen LogP contribution in [0.5, 0.6) is 0 Å². The first-order chi connectivity index (χ1) is 8.92. The van der Waals surface area contributed by atoms with E-state index in [1.54, 1.807) is 0 Å². The summed E-state index contributed by atoms with van der Waals surface area (Å²) in [6, 6.07) is 9.10. The molecule has 0 spiro atoms. The molecule has 0 atom stereocenters. The summed E-state index contributed by atoms with van der Waals surface area (Å²) >= 11 is 0. The van der Waals surface area contributed by atoms with Crippen molar-refractivity contribution >= 4 is 0 Å². The van der Waals surface area contributed by atoms with Gasteiger partial charge in [-0.05, 0) is 24.3 Å². The summed E-state index contributed by atoms with van der Waals surface area (Å²) in [4.78, 5) is 0. The molecule has 4 rings (SSSR count). The second-order valence-electron chi connectivity index (χ2n) is 5.26. The summed E-state index contributed by atoms with van der Waals surface area (Å²) in [5.74, 6) is 0.747. The monoisotopic (exact) mass is 240 g/mol. The van der Waals surface area contributed by atoms with Crippen LogP contribution in [-0.4, -0.2) is 28.1 Å². The number of rotatable bonds is 3. The summed E-state index contributed by atoms with van der Waals surface area (Å²) in [6.07, 6.45) is 4.72. The van der Waals surface area contributed by atoms with Crippen molar-refractivity contribution in [3.05, 3.63) is 36.0 Å². The van der Waals surface area contributed by atoms with Gasteiger partial charge in [0.2, 0.25) is 0 Å². The van der Waals surface area contributed by atoms with Crippen LogP contribution in [0.25, 0.3) is 11.3 Å². The van der Waals surface area contributed by atoms with Crippen LogP contribution in [0.1, 0.15) is 30.4 Å². The molecular formula is C14H16N4. The molecule has 1 aromatic carbocycles. The van der Waals surface area contributed by atoms with E-state index in [1.807, 2.05) is 4.68 Å². The maximum atomic E-state index is 4.35. The van der Waals surface area contributed by atoms with Crippen LogP contribution in [0.2, 0.25) is 0 Å². The van der Waals surface area contributed by atoms with Gasteiger partial charge in [0.05, 0.1) is 12.2 Å². The zero-order chi connectivity index (χ0) is 11.9. The van der Waals surface area contributed by atoms with Gasteiger partial charge in [0.25, 0.3) is 0 Å². The normalized spacial score (nSPS) is 19.8. The van der Waals surface area contributed by atoms with Crippen LogP contribution in [0.4, 0.5) is 0 Å². The fraction of sp³-hybridized carbons (Fsp3) is 0.429. The number of hydrogen-bond donors (Lipinski definition) is 1. The number of benzene rings is 1.